The molecule has 0 amide bonds. The second-order valence-electron chi connectivity index (χ2n) is 5.59. The molecule has 2 N–H and O–H groups in total. The lowest BCUT2D eigenvalue weighted by Crippen LogP contribution is -2.34. The molecular weight excluding hydrogens is 260 g/mol. The minimum atomic E-state index is 0.236. The summed E-state index contributed by atoms with van der Waals surface area (Å²) in [4.78, 5) is 2.41. The van der Waals surface area contributed by atoms with Gasteiger partial charge in [0.25, 0.3) is 0 Å². The number of ether oxygens (including phenoxy) is 1. The Balaban J connectivity index is 1.86. The number of benzene rings is 2. The molecule has 0 bridgehead atoms. The van der Waals surface area contributed by atoms with E-state index in [4.69, 9.17) is 10.5 Å². The molecule has 3 nitrogen and oxygen atoms in total. The number of para-hydroxylation sites is 1. The maximum absolute atomic E-state index is 6.06. The summed E-state index contributed by atoms with van der Waals surface area (Å²) in [5.41, 5.74) is 9.86. The number of hydrogen-bond acceptors (Lipinski definition) is 3. The molecule has 1 aliphatic heterocycles. The van der Waals surface area contributed by atoms with E-state index >= 15 is 0 Å². The second-order valence-corrected chi connectivity index (χ2v) is 5.59. The topological polar surface area (TPSA) is 38.5 Å². The van der Waals surface area contributed by atoms with E-state index in [-0.39, 0.29) is 6.04 Å². The minimum absolute atomic E-state index is 0.236. The van der Waals surface area contributed by atoms with Crippen LogP contribution in [0.25, 0.3) is 0 Å². The van der Waals surface area contributed by atoms with Gasteiger partial charge in [0.05, 0.1) is 0 Å². The Labute approximate surface area is 126 Å². The molecule has 0 fully saturated rings. The van der Waals surface area contributed by atoms with Gasteiger partial charge in [-0.1, -0.05) is 48.0 Å². The second kappa shape index (κ2) is 6.29. The average Bonchev–Trinajstić information content (AvgIpc) is 2.72. The summed E-state index contributed by atoms with van der Waals surface area (Å²) >= 11 is 0. The molecule has 21 heavy (non-hydrogen) atoms. The highest BCUT2D eigenvalue weighted by Gasteiger charge is 2.22. The van der Waals surface area contributed by atoms with Crippen LogP contribution in [0.4, 0.5) is 0 Å². The van der Waals surface area contributed by atoms with Crippen LogP contribution in [0, 0.1) is 6.92 Å². The van der Waals surface area contributed by atoms with Crippen LogP contribution in [0.3, 0.4) is 0 Å². The van der Waals surface area contributed by atoms with Gasteiger partial charge in [-0.05, 0) is 18.6 Å². The van der Waals surface area contributed by atoms with Gasteiger partial charge in [-0.25, -0.2) is 0 Å². The molecule has 0 saturated carbocycles. The van der Waals surface area contributed by atoms with E-state index in [1.807, 2.05) is 12.1 Å². The predicted octanol–water partition coefficient (Wildman–Crippen LogP) is 2.89. The maximum Gasteiger partial charge on any atom is 0.123 e. The number of hydrogen-bond donors (Lipinski definition) is 1. The SMILES string of the molecule is Cc1ccc(C(CN)N2CCOc3ccccc3C2)cc1. The number of fused-ring (bicyclic) bond motifs is 1. The van der Waals surface area contributed by atoms with E-state index in [0.717, 1.165) is 18.8 Å². The van der Waals surface area contributed by atoms with Crippen LogP contribution >= 0.6 is 0 Å². The van der Waals surface area contributed by atoms with Gasteiger partial charge in [-0.3, -0.25) is 4.90 Å². The van der Waals surface area contributed by atoms with Crippen LogP contribution in [0.5, 0.6) is 5.75 Å². The zero-order chi connectivity index (χ0) is 14.7. The van der Waals surface area contributed by atoms with Crippen LogP contribution in [-0.2, 0) is 6.54 Å². The van der Waals surface area contributed by atoms with Crippen molar-refractivity contribution in [1.29, 1.82) is 0 Å². The van der Waals surface area contributed by atoms with Gasteiger partial charge in [0, 0.05) is 31.2 Å². The van der Waals surface area contributed by atoms with Crippen LogP contribution in [0.1, 0.15) is 22.7 Å². The van der Waals surface area contributed by atoms with E-state index in [1.54, 1.807) is 0 Å². The summed E-state index contributed by atoms with van der Waals surface area (Å²) in [6, 6.07) is 17.2. The number of nitrogens with two attached hydrogens (primary N) is 1. The van der Waals surface area contributed by atoms with Crippen molar-refractivity contribution in [2.24, 2.45) is 5.73 Å². The van der Waals surface area contributed by atoms with Gasteiger partial charge in [-0.2, -0.15) is 0 Å². The zero-order valence-electron chi connectivity index (χ0n) is 12.5. The molecule has 0 spiro atoms. The summed E-state index contributed by atoms with van der Waals surface area (Å²) in [5.74, 6) is 1.000. The highest BCUT2D eigenvalue weighted by atomic mass is 16.5. The zero-order valence-corrected chi connectivity index (χ0v) is 12.5. The van der Waals surface area contributed by atoms with Crippen molar-refractivity contribution in [3.63, 3.8) is 0 Å². The Hall–Kier alpha value is -1.84. The lowest BCUT2D eigenvalue weighted by Gasteiger charge is -2.29. The summed E-state index contributed by atoms with van der Waals surface area (Å²) in [7, 11) is 0. The van der Waals surface area contributed by atoms with Crippen LogP contribution in [0.15, 0.2) is 48.5 Å². The molecule has 0 aromatic heterocycles. The van der Waals surface area contributed by atoms with Crippen LogP contribution in [-0.4, -0.2) is 24.6 Å². The Morgan fingerprint density at radius 2 is 1.90 bits per heavy atom. The van der Waals surface area contributed by atoms with E-state index < -0.39 is 0 Å². The normalized spacial score (nSPS) is 16.7. The molecule has 1 aliphatic rings. The van der Waals surface area contributed by atoms with E-state index in [9.17, 15) is 0 Å². The van der Waals surface area contributed by atoms with Crippen molar-refractivity contribution in [3.05, 3.63) is 65.2 Å². The highest BCUT2D eigenvalue weighted by Crippen LogP contribution is 2.28. The van der Waals surface area contributed by atoms with Gasteiger partial charge >= 0.3 is 0 Å². The fraction of sp³-hybridized carbons (Fsp3) is 0.333. The third-order valence-electron chi connectivity index (χ3n) is 4.11. The molecule has 0 radical (unpaired) electrons. The molecule has 0 saturated heterocycles. The van der Waals surface area contributed by atoms with E-state index in [1.165, 1.54) is 16.7 Å². The Morgan fingerprint density at radius 1 is 1.14 bits per heavy atom. The Kier molecular flexibility index (Phi) is 4.23. The van der Waals surface area contributed by atoms with Gasteiger partial charge in [0.1, 0.15) is 12.4 Å². The van der Waals surface area contributed by atoms with Gasteiger partial charge in [0.2, 0.25) is 0 Å². The standard InChI is InChI=1S/C18H22N2O/c1-14-6-8-15(9-7-14)17(12-19)20-10-11-21-18-5-3-2-4-16(18)13-20/h2-9,17H,10-13,19H2,1H3. The van der Waals surface area contributed by atoms with Gasteiger partial charge < -0.3 is 10.5 Å². The average molecular weight is 282 g/mol. The van der Waals surface area contributed by atoms with Crippen molar-refractivity contribution < 1.29 is 4.74 Å². The first-order chi connectivity index (χ1) is 10.3. The molecule has 3 rings (SSSR count). The number of rotatable bonds is 3. The van der Waals surface area contributed by atoms with Crippen LogP contribution in [0.2, 0.25) is 0 Å². The molecule has 3 heteroatoms. The third kappa shape index (κ3) is 3.09. The van der Waals surface area contributed by atoms with Crippen molar-refractivity contribution in [2.75, 3.05) is 19.7 Å². The van der Waals surface area contributed by atoms with Crippen molar-refractivity contribution >= 4 is 0 Å². The highest BCUT2D eigenvalue weighted by molar-refractivity contribution is 5.34. The molecular formula is C18H22N2O. The van der Waals surface area contributed by atoms with Gasteiger partial charge in [-0.15, -0.1) is 0 Å². The smallest absolute Gasteiger partial charge is 0.123 e. The van der Waals surface area contributed by atoms with Crippen molar-refractivity contribution in [2.45, 2.75) is 19.5 Å². The molecule has 1 unspecified atom stereocenters. The molecule has 2 aromatic carbocycles. The molecule has 1 heterocycles. The van der Waals surface area contributed by atoms with Crippen molar-refractivity contribution in [3.8, 4) is 5.75 Å². The lowest BCUT2D eigenvalue weighted by atomic mass is 10.0. The molecule has 1 atom stereocenters. The first kappa shape index (κ1) is 14.1. The first-order valence-corrected chi connectivity index (χ1v) is 7.49. The largest absolute Gasteiger partial charge is 0.492 e. The summed E-state index contributed by atoms with van der Waals surface area (Å²) in [6.45, 7) is 5.21. The minimum Gasteiger partial charge on any atom is -0.492 e. The van der Waals surface area contributed by atoms with Crippen molar-refractivity contribution in [1.82, 2.24) is 4.90 Å². The number of aryl methyl sites for hydroxylation is 1. The molecule has 0 aliphatic carbocycles. The fourth-order valence-electron chi connectivity index (χ4n) is 2.90. The first-order valence-electron chi connectivity index (χ1n) is 7.49. The summed E-state index contributed by atoms with van der Waals surface area (Å²) < 4.78 is 5.85. The Morgan fingerprint density at radius 3 is 2.67 bits per heavy atom. The van der Waals surface area contributed by atoms with E-state index in [2.05, 4.69) is 48.2 Å². The summed E-state index contributed by atoms with van der Waals surface area (Å²) in [6.07, 6.45) is 0. The number of nitrogens with zero attached hydrogens (tertiary/aromatic N) is 1. The van der Waals surface area contributed by atoms with Crippen LogP contribution < -0.4 is 10.5 Å². The Bertz CT molecular complexity index is 594. The fourth-order valence-corrected chi connectivity index (χ4v) is 2.90. The third-order valence-corrected chi connectivity index (χ3v) is 4.11. The monoisotopic (exact) mass is 282 g/mol. The molecule has 110 valence electrons. The lowest BCUT2D eigenvalue weighted by molar-refractivity contribution is 0.173. The molecule has 2 aromatic rings. The quantitative estimate of drug-likeness (QED) is 0.940. The van der Waals surface area contributed by atoms with Gasteiger partial charge in [0.15, 0.2) is 0 Å². The maximum atomic E-state index is 6.06. The predicted molar refractivity (Wildman–Crippen MR) is 85.3 cm³/mol. The summed E-state index contributed by atoms with van der Waals surface area (Å²) in [5, 5.41) is 0. The van der Waals surface area contributed by atoms with E-state index in [0.29, 0.717) is 13.2 Å².